The second kappa shape index (κ2) is 3.82. The summed E-state index contributed by atoms with van der Waals surface area (Å²) in [4.78, 5) is 8.21. The van der Waals surface area contributed by atoms with E-state index in [1.807, 2.05) is 0 Å². The van der Waals surface area contributed by atoms with Crippen LogP contribution in [0.2, 0.25) is 0 Å². The van der Waals surface area contributed by atoms with Gasteiger partial charge in [-0.2, -0.15) is 0 Å². The van der Waals surface area contributed by atoms with E-state index in [-0.39, 0.29) is 0 Å². The Morgan fingerprint density at radius 1 is 1.50 bits per heavy atom. The molecular formula is C10H13N5O. The summed E-state index contributed by atoms with van der Waals surface area (Å²) in [5.74, 6) is -0.352. The number of rotatable bonds is 2. The molecule has 2 rings (SSSR count). The minimum Gasteiger partial charge on any atom is -0.481 e. The first kappa shape index (κ1) is 10.4. The van der Waals surface area contributed by atoms with E-state index in [1.165, 1.54) is 7.11 Å². The predicted octanol–water partition coefficient (Wildman–Crippen LogP) is -0.367. The number of aromatic nitrogens is 1. The summed E-state index contributed by atoms with van der Waals surface area (Å²) in [6.07, 6.45) is 4.90. The lowest BCUT2D eigenvalue weighted by Crippen LogP contribution is -2.49. The quantitative estimate of drug-likeness (QED) is 0.630. The van der Waals surface area contributed by atoms with E-state index in [2.05, 4.69) is 15.3 Å². The monoisotopic (exact) mass is 219 g/mol. The van der Waals surface area contributed by atoms with Gasteiger partial charge in [-0.25, -0.2) is 9.98 Å². The molecule has 1 unspecified atom stereocenters. The molecule has 84 valence electrons. The van der Waals surface area contributed by atoms with Gasteiger partial charge >= 0.3 is 0 Å². The molecule has 2 heterocycles. The lowest BCUT2D eigenvalue weighted by atomic mass is 10.1. The number of pyridine rings is 1. The number of nitrogens with two attached hydrogens (primary N) is 2. The molecule has 0 aliphatic carbocycles. The summed E-state index contributed by atoms with van der Waals surface area (Å²) in [5.41, 5.74) is 12.3. The molecular weight excluding hydrogens is 206 g/mol. The Labute approximate surface area is 93.0 Å². The standard InChI is InChI=1S/C10H13N5O/c1-16-9-7(3-2-5-13-9)10(12)14-6-4-8(11)15-10/h2-6,14H,12H2,1H3,(H2,11,15). The van der Waals surface area contributed by atoms with Gasteiger partial charge in [0.1, 0.15) is 5.84 Å². The van der Waals surface area contributed by atoms with Crippen molar-refractivity contribution in [3.05, 3.63) is 36.2 Å². The third-order valence-electron chi connectivity index (χ3n) is 2.24. The van der Waals surface area contributed by atoms with Gasteiger partial charge in [-0.1, -0.05) is 0 Å². The van der Waals surface area contributed by atoms with Crippen LogP contribution in [0.5, 0.6) is 5.88 Å². The topological polar surface area (TPSA) is 98.5 Å². The highest BCUT2D eigenvalue weighted by molar-refractivity contribution is 5.92. The molecule has 0 radical (unpaired) electrons. The van der Waals surface area contributed by atoms with E-state index < -0.39 is 5.79 Å². The lowest BCUT2D eigenvalue weighted by Gasteiger charge is -2.29. The number of aliphatic imine (C=N–C) groups is 1. The fraction of sp³-hybridized carbons (Fsp3) is 0.200. The molecule has 0 saturated heterocycles. The molecule has 16 heavy (non-hydrogen) atoms. The first-order valence-corrected chi connectivity index (χ1v) is 4.73. The average molecular weight is 219 g/mol. The Kier molecular flexibility index (Phi) is 2.49. The summed E-state index contributed by atoms with van der Waals surface area (Å²) in [5, 5.41) is 2.93. The maximum Gasteiger partial charge on any atom is 0.222 e. The van der Waals surface area contributed by atoms with Crippen molar-refractivity contribution in [1.82, 2.24) is 10.3 Å². The first-order valence-electron chi connectivity index (χ1n) is 4.73. The highest BCUT2D eigenvalue weighted by Crippen LogP contribution is 2.26. The second-order valence-electron chi connectivity index (χ2n) is 3.34. The number of hydrogen-bond donors (Lipinski definition) is 3. The largest absolute Gasteiger partial charge is 0.481 e. The highest BCUT2D eigenvalue weighted by Gasteiger charge is 2.31. The lowest BCUT2D eigenvalue weighted by molar-refractivity contribution is 0.349. The van der Waals surface area contributed by atoms with Crippen LogP contribution in [0.3, 0.4) is 0 Å². The Balaban J connectivity index is 2.47. The SMILES string of the molecule is COc1ncccc1C1(N)N=C(N)C=CN1. The molecule has 1 aliphatic rings. The van der Waals surface area contributed by atoms with Crippen molar-refractivity contribution < 1.29 is 4.74 Å². The number of ether oxygens (including phenoxy) is 1. The fourth-order valence-corrected chi connectivity index (χ4v) is 1.51. The Bertz CT molecular complexity index is 456. The zero-order chi connectivity index (χ0) is 11.6. The van der Waals surface area contributed by atoms with E-state index in [0.717, 1.165) is 0 Å². The molecule has 0 amide bonds. The predicted molar refractivity (Wildman–Crippen MR) is 60.6 cm³/mol. The van der Waals surface area contributed by atoms with Gasteiger partial charge < -0.3 is 15.8 Å². The molecule has 1 aromatic rings. The van der Waals surface area contributed by atoms with E-state index in [0.29, 0.717) is 17.3 Å². The van der Waals surface area contributed by atoms with Gasteiger partial charge in [-0.05, 0) is 18.2 Å². The molecule has 1 aromatic heterocycles. The molecule has 1 atom stereocenters. The Morgan fingerprint density at radius 3 is 3.00 bits per heavy atom. The summed E-state index contributed by atoms with van der Waals surface area (Å²) in [7, 11) is 1.53. The zero-order valence-electron chi connectivity index (χ0n) is 8.84. The smallest absolute Gasteiger partial charge is 0.222 e. The molecule has 0 aromatic carbocycles. The maximum absolute atomic E-state index is 6.10. The van der Waals surface area contributed by atoms with Crippen LogP contribution >= 0.6 is 0 Å². The molecule has 0 spiro atoms. The molecule has 0 bridgehead atoms. The Hall–Kier alpha value is -2.08. The van der Waals surface area contributed by atoms with Crippen molar-refractivity contribution in [3.8, 4) is 5.88 Å². The number of methoxy groups -OCH3 is 1. The van der Waals surface area contributed by atoms with Gasteiger partial charge in [0.15, 0.2) is 0 Å². The third-order valence-corrected chi connectivity index (χ3v) is 2.24. The van der Waals surface area contributed by atoms with Gasteiger partial charge in [0.05, 0.1) is 12.7 Å². The number of nitrogens with one attached hydrogen (secondary N) is 1. The summed E-state index contributed by atoms with van der Waals surface area (Å²) < 4.78 is 5.13. The fourth-order valence-electron chi connectivity index (χ4n) is 1.51. The van der Waals surface area contributed by atoms with Crippen molar-refractivity contribution >= 4 is 5.84 Å². The normalized spacial score (nSPS) is 23.5. The van der Waals surface area contributed by atoms with Crippen LogP contribution in [0, 0.1) is 0 Å². The van der Waals surface area contributed by atoms with Crippen LogP contribution in [-0.2, 0) is 5.79 Å². The third kappa shape index (κ3) is 1.70. The van der Waals surface area contributed by atoms with E-state index in [4.69, 9.17) is 16.2 Å². The van der Waals surface area contributed by atoms with E-state index >= 15 is 0 Å². The number of amidine groups is 1. The molecule has 6 nitrogen and oxygen atoms in total. The van der Waals surface area contributed by atoms with Crippen LogP contribution in [0.4, 0.5) is 0 Å². The van der Waals surface area contributed by atoms with Crippen LogP contribution in [-0.4, -0.2) is 17.9 Å². The van der Waals surface area contributed by atoms with Crippen LogP contribution in [0.25, 0.3) is 0 Å². The summed E-state index contributed by atoms with van der Waals surface area (Å²) in [6.45, 7) is 0. The van der Waals surface area contributed by atoms with E-state index in [9.17, 15) is 0 Å². The van der Waals surface area contributed by atoms with Crippen LogP contribution in [0.15, 0.2) is 35.6 Å². The molecule has 5 N–H and O–H groups in total. The highest BCUT2D eigenvalue weighted by atomic mass is 16.5. The van der Waals surface area contributed by atoms with Crippen LogP contribution < -0.4 is 21.5 Å². The van der Waals surface area contributed by atoms with Crippen molar-refractivity contribution in [2.45, 2.75) is 5.79 Å². The molecule has 0 fully saturated rings. The zero-order valence-corrected chi connectivity index (χ0v) is 8.84. The van der Waals surface area contributed by atoms with Gasteiger partial charge in [0.25, 0.3) is 0 Å². The Morgan fingerprint density at radius 2 is 2.31 bits per heavy atom. The number of hydrogen-bond acceptors (Lipinski definition) is 6. The van der Waals surface area contributed by atoms with Gasteiger partial charge in [0.2, 0.25) is 11.7 Å². The summed E-state index contributed by atoms with van der Waals surface area (Å²) >= 11 is 0. The van der Waals surface area contributed by atoms with Crippen molar-refractivity contribution in [2.24, 2.45) is 16.5 Å². The minimum atomic E-state index is -1.13. The minimum absolute atomic E-state index is 0.354. The first-order chi connectivity index (χ1) is 7.65. The maximum atomic E-state index is 6.10. The number of nitrogens with zero attached hydrogens (tertiary/aromatic N) is 2. The van der Waals surface area contributed by atoms with Gasteiger partial charge in [0, 0.05) is 12.4 Å². The van der Waals surface area contributed by atoms with Gasteiger partial charge in [-0.3, -0.25) is 5.73 Å². The average Bonchev–Trinajstić information content (AvgIpc) is 2.29. The summed E-state index contributed by atoms with van der Waals surface area (Å²) in [6, 6.07) is 3.55. The second-order valence-corrected chi connectivity index (χ2v) is 3.34. The van der Waals surface area contributed by atoms with Gasteiger partial charge in [-0.15, -0.1) is 0 Å². The van der Waals surface area contributed by atoms with Crippen molar-refractivity contribution in [1.29, 1.82) is 0 Å². The molecule has 6 heteroatoms. The van der Waals surface area contributed by atoms with E-state index in [1.54, 1.807) is 30.6 Å². The van der Waals surface area contributed by atoms with Crippen molar-refractivity contribution in [2.75, 3.05) is 7.11 Å². The molecule has 0 saturated carbocycles. The molecule has 1 aliphatic heterocycles. The van der Waals surface area contributed by atoms with Crippen LogP contribution in [0.1, 0.15) is 5.56 Å². The van der Waals surface area contributed by atoms with Crippen molar-refractivity contribution in [3.63, 3.8) is 0 Å².